The Balaban J connectivity index is 1.52. The van der Waals surface area contributed by atoms with Crippen LogP contribution in [-0.2, 0) is 13.0 Å². The molecule has 7 heteroatoms. The maximum Gasteiger partial charge on any atom is 0.275 e. The first kappa shape index (κ1) is 13.7. The molecule has 0 saturated heterocycles. The van der Waals surface area contributed by atoms with Crippen LogP contribution in [0.2, 0.25) is 0 Å². The van der Waals surface area contributed by atoms with Crippen LogP contribution in [0.15, 0.2) is 47.4 Å². The molecule has 3 aromatic rings. The second-order valence-corrected chi connectivity index (χ2v) is 5.36. The molecular weight excluding hydrogens is 294 g/mol. The molecule has 0 unspecified atom stereocenters. The van der Waals surface area contributed by atoms with E-state index in [1.54, 1.807) is 4.90 Å². The third kappa shape index (κ3) is 2.61. The van der Waals surface area contributed by atoms with Crippen LogP contribution >= 0.6 is 0 Å². The predicted molar refractivity (Wildman–Crippen MR) is 81.6 cm³/mol. The highest BCUT2D eigenvalue weighted by atomic mass is 16.3. The van der Waals surface area contributed by atoms with Crippen molar-refractivity contribution in [1.82, 2.24) is 24.6 Å². The third-order valence-corrected chi connectivity index (χ3v) is 3.91. The highest BCUT2D eigenvalue weighted by Gasteiger charge is 2.23. The molecule has 23 heavy (non-hydrogen) atoms. The van der Waals surface area contributed by atoms with Crippen molar-refractivity contribution in [2.24, 2.45) is 0 Å². The lowest BCUT2D eigenvalue weighted by Crippen LogP contribution is -2.33. The monoisotopic (exact) mass is 309 g/mol. The quantitative estimate of drug-likeness (QED) is 0.719. The highest BCUT2D eigenvalue weighted by Crippen LogP contribution is 2.17. The first-order valence-electron chi connectivity index (χ1n) is 7.48. The molecule has 116 valence electrons. The first-order valence-corrected chi connectivity index (χ1v) is 7.48. The van der Waals surface area contributed by atoms with Gasteiger partial charge in [-0.2, -0.15) is 5.10 Å². The number of benzene rings is 1. The molecule has 7 nitrogen and oxygen atoms in total. The molecule has 1 amide bonds. The van der Waals surface area contributed by atoms with Crippen LogP contribution in [0.4, 0.5) is 0 Å². The van der Waals surface area contributed by atoms with Crippen LogP contribution < -0.4 is 0 Å². The number of nitrogens with zero attached hydrogens (tertiary/aromatic N) is 5. The van der Waals surface area contributed by atoms with Gasteiger partial charge in [-0.15, -0.1) is 0 Å². The molecule has 1 aliphatic rings. The minimum Gasteiger partial charge on any atom is -0.451 e. The smallest absolute Gasteiger partial charge is 0.275 e. The molecule has 1 aromatic carbocycles. The van der Waals surface area contributed by atoms with Crippen LogP contribution in [-0.4, -0.2) is 43.6 Å². The van der Waals surface area contributed by atoms with E-state index in [1.165, 1.54) is 12.7 Å². The summed E-state index contributed by atoms with van der Waals surface area (Å²) in [6.07, 6.45) is 3.31. The van der Waals surface area contributed by atoms with Gasteiger partial charge >= 0.3 is 0 Å². The van der Waals surface area contributed by atoms with Gasteiger partial charge in [0.25, 0.3) is 5.91 Å². The summed E-state index contributed by atoms with van der Waals surface area (Å²) in [5.74, 6) is 1.52. The van der Waals surface area contributed by atoms with Crippen molar-refractivity contribution >= 4 is 5.91 Å². The van der Waals surface area contributed by atoms with Crippen LogP contribution in [0.25, 0.3) is 11.4 Å². The fourth-order valence-electron chi connectivity index (χ4n) is 2.69. The minimum absolute atomic E-state index is 0.118. The lowest BCUT2D eigenvalue weighted by atomic mass is 10.2. The average Bonchev–Trinajstić information content (AvgIpc) is 3.22. The molecular formula is C16H15N5O2. The summed E-state index contributed by atoms with van der Waals surface area (Å²) in [5, 5.41) is 4.57. The molecule has 4 rings (SSSR count). The number of carbonyl (C=O) groups is 1. The van der Waals surface area contributed by atoms with Gasteiger partial charge in [0.1, 0.15) is 12.1 Å². The Kier molecular flexibility index (Phi) is 3.38. The molecule has 0 spiro atoms. The van der Waals surface area contributed by atoms with E-state index >= 15 is 0 Å². The van der Waals surface area contributed by atoms with Crippen molar-refractivity contribution in [3.63, 3.8) is 0 Å². The zero-order valence-electron chi connectivity index (χ0n) is 12.4. The largest absolute Gasteiger partial charge is 0.451 e. The Hall–Kier alpha value is -2.96. The van der Waals surface area contributed by atoms with Gasteiger partial charge < -0.3 is 9.32 Å². The van der Waals surface area contributed by atoms with Crippen LogP contribution in [0.3, 0.4) is 0 Å². The average molecular weight is 309 g/mol. The summed E-state index contributed by atoms with van der Waals surface area (Å²) in [7, 11) is 0. The summed E-state index contributed by atoms with van der Waals surface area (Å²) >= 11 is 0. The molecule has 3 heterocycles. The van der Waals surface area contributed by atoms with Gasteiger partial charge in [0.2, 0.25) is 0 Å². The molecule has 0 radical (unpaired) electrons. The normalized spacial score (nSPS) is 14.3. The fraction of sp³-hybridized carbons (Fsp3) is 0.250. The number of fused-ring (bicyclic) bond motifs is 1. The molecule has 0 aliphatic carbocycles. The number of oxazole rings is 1. The van der Waals surface area contributed by atoms with Gasteiger partial charge in [0, 0.05) is 25.1 Å². The number of hydrogen-bond donors (Lipinski definition) is 0. The van der Waals surface area contributed by atoms with Gasteiger partial charge in [0.15, 0.2) is 17.9 Å². The molecule has 0 bridgehead atoms. The number of rotatable bonds is 2. The van der Waals surface area contributed by atoms with Gasteiger partial charge in [-0.3, -0.25) is 4.79 Å². The lowest BCUT2D eigenvalue weighted by molar-refractivity contribution is 0.0752. The Bertz CT molecular complexity index is 785. The maximum absolute atomic E-state index is 12.3. The summed E-state index contributed by atoms with van der Waals surface area (Å²) in [6.45, 7) is 1.80. The van der Waals surface area contributed by atoms with Crippen LogP contribution in [0, 0.1) is 0 Å². The van der Waals surface area contributed by atoms with E-state index in [4.69, 9.17) is 4.42 Å². The topological polar surface area (TPSA) is 77.1 Å². The molecule has 0 N–H and O–H groups in total. The van der Waals surface area contributed by atoms with Crippen molar-refractivity contribution in [2.45, 2.75) is 13.0 Å². The lowest BCUT2D eigenvalue weighted by Gasteiger charge is -2.18. The van der Waals surface area contributed by atoms with Crippen LogP contribution in [0.5, 0.6) is 0 Å². The SMILES string of the molecule is O=C(c1cocn1)N1CCc2nc(-c3ccccc3)nn2CC1. The van der Waals surface area contributed by atoms with Crippen LogP contribution in [0.1, 0.15) is 16.3 Å². The summed E-state index contributed by atoms with van der Waals surface area (Å²) in [6, 6.07) is 9.91. The van der Waals surface area contributed by atoms with Gasteiger partial charge in [-0.05, 0) is 0 Å². The van der Waals surface area contributed by atoms with E-state index in [-0.39, 0.29) is 5.91 Å². The number of carbonyl (C=O) groups excluding carboxylic acids is 1. The zero-order valence-corrected chi connectivity index (χ0v) is 12.4. The Morgan fingerprint density at radius 1 is 1.13 bits per heavy atom. The molecule has 0 atom stereocenters. The van der Waals surface area contributed by atoms with E-state index in [9.17, 15) is 4.79 Å². The zero-order chi connectivity index (χ0) is 15.6. The van der Waals surface area contributed by atoms with Crippen molar-refractivity contribution in [1.29, 1.82) is 0 Å². The second kappa shape index (κ2) is 5.68. The van der Waals surface area contributed by atoms with E-state index in [0.29, 0.717) is 31.7 Å². The summed E-state index contributed by atoms with van der Waals surface area (Å²) in [4.78, 5) is 22.6. The molecule has 0 saturated carbocycles. The Morgan fingerprint density at radius 3 is 2.78 bits per heavy atom. The summed E-state index contributed by atoms with van der Waals surface area (Å²) in [5.41, 5.74) is 1.34. The van der Waals surface area contributed by atoms with E-state index in [1.807, 2.05) is 35.0 Å². The minimum atomic E-state index is -0.118. The van der Waals surface area contributed by atoms with E-state index in [0.717, 1.165) is 17.2 Å². The molecule has 0 fully saturated rings. The number of amides is 1. The van der Waals surface area contributed by atoms with Gasteiger partial charge in [-0.1, -0.05) is 30.3 Å². The van der Waals surface area contributed by atoms with E-state index < -0.39 is 0 Å². The van der Waals surface area contributed by atoms with Crippen molar-refractivity contribution in [3.8, 4) is 11.4 Å². The number of hydrogen-bond acceptors (Lipinski definition) is 5. The molecule has 2 aromatic heterocycles. The fourth-order valence-corrected chi connectivity index (χ4v) is 2.69. The van der Waals surface area contributed by atoms with Crippen molar-refractivity contribution < 1.29 is 9.21 Å². The van der Waals surface area contributed by atoms with Gasteiger partial charge in [0.05, 0.1) is 6.54 Å². The van der Waals surface area contributed by atoms with Crippen molar-refractivity contribution in [2.75, 3.05) is 13.1 Å². The Morgan fingerprint density at radius 2 is 2.00 bits per heavy atom. The predicted octanol–water partition coefficient (Wildman–Crippen LogP) is 1.63. The van der Waals surface area contributed by atoms with Gasteiger partial charge in [-0.25, -0.2) is 14.6 Å². The number of aromatic nitrogens is 4. The second-order valence-electron chi connectivity index (χ2n) is 5.36. The standard InChI is InChI=1S/C16H15N5O2/c22-16(13-10-23-11-17-13)20-7-6-14-18-15(19-21(14)9-8-20)12-4-2-1-3-5-12/h1-5,10-11H,6-9H2. The third-order valence-electron chi connectivity index (χ3n) is 3.91. The highest BCUT2D eigenvalue weighted by molar-refractivity contribution is 5.91. The Labute approximate surface area is 132 Å². The first-order chi connectivity index (χ1) is 11.3. The maximum atomic E-state index is 12.3. The summed E-state index contributed by atoms with van der Waals surface area (Å²) < 4.78 is 6.77. The van der Waals surface area contributed by atoms with Crippen molar-refractivity contribution in [3.05, 3.63) is 54.5 Å². The van der Waals surface area contributed by atoms with E-state index in [2.05, 4.69) is 15.1 Å². The molecule has 1 aliphatic heterocycles.